The molecule has 1 heterocycles. The summed E-state index contributed by atoms with van der Waals surface area (Å²) < 4.78 is 0. The SMILES string of the molecule is CC(=O)Nc1cccc(NC(=O)c2ccncc2O)c1. The van der Waals surface area contributed by atoms with Gasteiger partial charge in [0.2, 0.25) is 5.91 Å². The number of carbonyl (C=O) groups excluding carboxylic acids is 2. The van der Waals surface area contributed by atoms with Crippen molar-refractivity contribution in [1.29, 1.82) is 0 Å². The fraction of sp³-hybridized carbons (Fsp3) is 0.0714. The third kappa shape index (κ3) is 3.32. The molecule has 0 atom stereocenters. The average molecular weight is 271 g/mol. The van der Waals surface area contributed by atoms with E-state index in [1.165, 1.54) is 25.4 Å². The molecule has 6 heteroatoms. The van der Waals surface area contributed by atoms with Gasteiger partial charge in [-0.3, -0.25) is 14.6 Å². The van der Waals surface area contributed by atoms with Crippen molar-refractivity contribution in [3.63, 3.8) is 0 Å². The first-order valence-corrected chi connectivity index (χ1v) is 5.88. The quantitative estimate of drug-likeness (QED) is 0.796. The van der Waals surface area contributed by atoms with Gasteiger partial charge in [-0.2, -0.15) is 0 Å². The van der Waals surface area contributed by atoms with Crippen LogP contribution in [0.1, 0.15) is 17.3 Å². The van der Waals surface area contributed by atoms with Gasteiger partial charge in [0, 0.05) is 24.5 Å². The zero-order valence-corrected chi connectivity index (χ0v) is 10.8. The highest BCUT2D eigenvalue weighted by atomic mass is 16.3. The lowest BCUT2D eigenvalue weighted by molar-refractivity contribution is -0.114. The molecule has 20 heavy (non-hydrogen) atoms. The standard InChI is InChI=1S/C14H13N3O3/c1-9(18)16-10-3-2-4-11(7-10)17-14(20)12-5-6-15-8-13(12)19/h2-8,19H,1H3,(H,16,18)(H,17,20). The Bertz CT molecular complexity index is 656. The lowest BCUT2D eigenvalue weighted by Gasteiger charge is -2.08. The van der Waals surface area contributed by atoms with Gasteiger partial charge in [-0.25, -0.2) is 0 Å². The minimum absolute atomic E-state index is 0.130. The number of nitrogens with zero attached hydrogens (tertiary/aromatic N) is 1. The van der Waals surface area contributed by atoms with Crippen molar-refractivity contribution >= 4 is 23.2 Å². The largest absolute Gasteiger partial charge is 0.505 e. The normalized spacial score (nSPS) is 9.85. The molecule has 0 saturated heterocycles. The van der Waals surface area contributed by atoms with E-state index in [1.807, 2.05) is 0 Å². The van der Waals surface area contributed by atoms with Crippen LogP contribution in [0.15, 0.2) is 42.7 Å². The van der Waals surface area contributed by atoms with Crippen LogP contribution in [0.4, 0.5) is 11.4 Å². The molecule has 0 fully saturated rings. The summed E-state index contributed by atoms with van der Waals surface area (Å²) in [5.74, 6) is -0.840. The van der Waals surface area contributed by atoms with E-state index in [4.69, 9.17) is 0 Å². The number of anilines is 2. The Kier molecular flexibility index (Phi) is 3.95. The molecule has 0 saturated carbocycles. The van der Waals surface area contributed by atoms with Crippen molar-refractivity contribution in [2.45, 2.75) is 6.92 Å². The van der Waals surface area contributed by atoms with Gasteiger partial charge < -0.3 is 15.7 Å². The second-order valence-electron chi connectivity index (χ2n) is 4.11. The third-order valence-corrected chi connectivity index (χ3v) is 2.49. The molecule has 6 nitrogen and oxygen atoms in total. The van der Waals surface area contributed by atoms with Crippen LogP contribution in [0.5, 0.6) is 5.75 Å². The molecule has 1 aromatic heterocycles. The highest BCUT2D eigenvalue weighted by Gasteiger charge is 2.11. The lowest BCUT2D eigenvalue weighted by atomic mass is 10.2. The maximum Gasteiger partial charge on any atom is 0.259 e. The van der Waals surface area contributed by atoms with Crippen LogP contribution in [0.3, 0.4) is 0 Å². The van der Waals surface area contributed by atoms with Gasteiger partial charge in [-0.1, -0.05) is 6.07 Å². The van der Waals surface area contributed by atoms with E-state index in [-0.39, 0.29) is 17.2 Å². The Morgan fingerprint density at radius 1 is 1.15 bits per heavy atom. The van der Waals surface area contributed by atoms with Crippen LogP contribution < -0.4 is 10.6 Å². The molecular formula is C14H13N3O3. The number of pyridine rings is 1. The number of carbonyl (C=O) groups is 2. The molecular weight excluding hydrogens is 258 g/mol. The molecule has 0 spiro atoms. The van der Waals surface area contributed by atoms with E-state index in [0.717, 1.165) is 0 Å². The van der Waals surface area contributed by atoms with Crippen LogP contribution >= 0.6 is 0 Å². The van der Waals surface area contributed by atoms with Crippen molar-refractivity contribution in [2.75, 3.05) is 10.6 Å². The van der Waals surface area contributed by atoms with Gasteiger partial charge >= 0.3 is 0 Å². The average Bonchev–Trinajstić information content (AvgIpc) is 2.38. The summed E-state index contributed by atoms with van der Waals surface area (Å²) >= 11 is 0. The topological polar surface area (TPSA) is 91.3 Å². The zero-order valence-electron chi connectivity index (χ0n) is 10.8. The maximum atomic E-state index is 12.0. The Balaban J connectivity index is 2.16. The Morgan fingerprint density at radius 2 is 1.85 bits per heavy atom. The van der Waals surface area contributed by atoms with E-state index in [1.54, 1.807) is 24.3 Å². The number of rotatable bonds is 3. The van der Waals surface area contributed by atoms with Gasteiger partial charge in [0.05, 0.1) is 11.8 Å². The first kappa shape index (κ1) is 13.5. The van der Waals surface area contributed by atoms with E-state index in [0.29, 0.717) is 11.4 Å². The predicted octanol–water partition coefficient (Wildman–Crippen LogP) is 2.00. The Morgan fingerprint density at radius 3 is 2.50 bits per heavy atom. The van der Waals surface area contributed by atoms with E-state index in [2.05, 4.69) is 15.6 Å². The van der Waals surface area contributed by atoms with E-state index < -0.39 is 5.91 Å². The number of hydrogen-bond donors (Lipinski definition) is 3. The molecule has 2 amide bonds. The molecule has 3 N–H and O–H groups in total. The first-order chi connectivity index (χ1) is 9.56. The number of aromatic nitrogens is 1. The van der Waals surface area contributed by atoms with Gasteiger partial charge in [-0.05, 0) is 24.3 Å². The van der Waals surface area contributed by atoms with Gasteiger partial charge in [0.25, 0.3) is 5.91 Å². The summed E-state index contributed by atoms with van der Waals surface area (Å²) in [6.07, 6.45) is 2.62. The molecule has 0 unspecified atom stereocenters. The Labute approximate surface area is 115 Å². The molecule has 2 rings (SSSR count). The van der Waals surface area contributed by atoms with E-state index in [9.17, 15) is 14.7 Å². The molecule has 0 bridgehead atoms. The molecule has 0 radical (unpaired) electrons. The Hall–Kier alpha value is -2.89. The first-order valence-electron chi connectivity index (χ1n) is 5.88. The minimum atomic E-state index is -0.454. The van der Waals surface area contributed by atoms with Gasteiger partial charge in [0.1, 0.15) is 5.75 Å². The monoisotopic (exact) mass is 271 g/mol. The minimum Gasteiger partial charge on any atom is -0.505 e. The van der Waals surface area contributed by atoms with Crippen LogP contribution in [0, 0.1) is 0 Å². The van der Waals surface area contributed by atoms with Crippen molar-refractivity contribution in [1.82, 2.24) is 4.98 Å². The molecule has 0 aliphatic carbocycles. The molecule has 0 aliphatic rings. The highest BCUT2D eigenvalue weighted by Crippen LogP contribution is 2.19. The van der Waals surface area contributed by atoms with Gasteiger partial charge in [0.15, 0.2) is 0 Å². The number of amides is 2. The third-order valence-electron chi connectivity index (χ3n) is 2.49. The second-order valence-corrected chi connectivity index (χ2v) is 4.11. The fourth-order valence-electron chi connectivity index (χ4n) is 1.65. The fourth-order valence-corrected chi connectivity index (χ4v) is 1.65. The van der Waals surface area contributed by atoms with Crippen molar-refractivity contribution in [2.24, 2.45) is 0 Å². The number of aromatic hydroxyl groups is 1. The molecule has 102 valence electrons. The van der Waals surface area contributed by atoms with Crippen LogP contribution in [0.25, 0.3) is 0 Å². The summed E-state index contributed by atoms with van der Waals surface area (Å²) in [4.78, 5) is 26.7. The van der Waals surface area contributed by atoms with Gasteiger partial charge in [-0.15, -0.1) is 0 Å². The van der Waals surface area contributed by atoms with Crippen molar-refractivity contribution in [3.05, 3.63) is 48.3 Å². The molecule has 1 aromatic carbocycles. The smallest absolute Gasteiger partial charge is 0.259 e. The summed E-state index contributed by atoms with van der Waals surface area (Å²) in [6, 6.07) is 8.13. The highest BCUT2D eigenvalue weighted by molar-refractivity contribution is 6.06. The number of benzene rings is 1. The summed E-state index contributed by atoms with van der Waals surface area (Å²) in [5, 5.41) is 14.8. The van der Waals surface area contributed by atoms with Crippen LogP contribution in [-0.2, 0) is 4.79 Å². The molecule has 2 aromatic rings. The lowest BCUT2D eigenvalue weighted by Crippen LogP contribution is -2.12. The summed E-state index contributed by atoms with van der Waals surface area (Å²) in [5.41, 5.74) is 1.22. The second kappa shape index (κ2) is 5.83. The predicted molar refractivity (Wildman–Crippen MR) is 74.6 cm³/mol. The summed E-state index contributed by atoms with van der Waals surface area (Å²) in [7, 11) is 0. The van der Waals surface area contributed by atoms with E-state index >= 15 is 0 Å². The summed E-state index contributed by atoms with van der Waals surface area (Å²) in [6.45, 7) is 1.40. The molecule has 0 aliphatic heterocycles. The van der Waals surface area contributed by atoms with Crippen molar-refractivity contribution in [3.8, 4) is 5.75 Å². The number of nitrogens with one attached hydrogen (secondary N) is 2. The van der Waals surface area contributed by atoms with Crippen molar-refractivity contribution < 1.29 is 14.7 Å². The number of hydrogen-bond acceptors (Lipinski definition) is 4. The zero-order chi connectivity index (χ0) is 14.5. The van der Waals surface area contributed by atoms with Crippen LogP contribution in [-0.4, -0.2) is 21.9 Å². The maximum absolute atomic E-state index is 12.0. The van der Waals surface area contributed by atoms with Crippen LogP contribution in [0.2, 0.25) is 0 Å².